The number of piperazine rings is 1. The summed E-state index contributed by atoms with van der Waals surface area (Å²) in [5.74, 6) is -0.776. The number of aromatic nitrogens is 3. The summed E-state index contributed by atoms with van der Waals surface area (Å²) in [7, 11) is 0. The van der Waals surface area contributed by atoms with Crippen molar-refractivity contribution in [2.75, 3.05) is 36.4 Å². The topological polar surface area (TPSA) is 75.1 Å². The molecule has 2 N–H and O–H groups in total. The third kappa shape index (κ3) is 3.53. The van der Waals surface area contributed by atoms with Crippen LogP contribution < -0.4 is 15.5 Å². The number of hydrogen-bond donors (Lipinski definition) is 2. The number of rotatable bonds is 4. The minimum atomic E-state index is -0.397. The summed E-state index contributed by atoms with van der Waals surface area (Å²) in [5.41, 5.74) is 2.44. The third-order valence-corrected chi connectivity index (χ3v) is 5.86. The standard InChI is InChI=1S/C21H19FN6OS/c22-15-5-6-19(27-9-7-23-8-10-27)16(11-15)25-20(29)17-13-30-21(26-17)28-18-4-2-1-3-14(18)12-24-28/h1-6,11-13,23H,7-10H2,(H,25,29). The number of carbonyl (C=O) groups is 1. The van der Waals surface area contributed by atoms with Crippen molar-refractivity contribution in [3.63, 3.8) is 0 Å². The van der Waals surface area contributed by atoms with E-state index in [0.29, 0.717) is 10.8 Å². The van der Waals surface area contributed by atoms with E-state index in [2.05, 4.69) is 25.6 Å². The minimum Gasteiger partial charge on any atom is -0.367 e. The first-order valence-corrected chi connectivity index (χ1v) is 10.5. The van der Waals surface area contributed by atoms with Gasteiger partial charge >= 0.3 is 0 Å². The van der Waals surface area contributed by atoms with E-state index in [9.17, 15) is 9.18 Å². The van der Waals surface area contributed by atoms with Crippen molar-refractivity contribution in [3.05, 3.63) is 65.6 Å². The molecule has 0 atom stereocenters. The second-order valence-corrected chi connectivity index (χ2v) is 7.82. The molecule has 1 aliphatic rings. The fourth-order valence-electron chi connectivity index (χ4n) is 3.57. The van der Waals surface area contributed by atoms with Gasteiger partial charge in [0, 0.05) is 36.9 Å². The number of thiazole rings is 1. The molecule has 2 aromatic heterocycles. The van der Waals surface area contributed by atoms with Gasteiger partial charge in [-0.1, -0.05) is 18.2 Å². The zero-order valence-electron chi connectivity index (χ0n) is 16.0. The Morgan fingerprint density at radius 2 is 2.00 bits per heavy atom. The zero-order chi connectivity index (χ0) is 20.5. The number of benzene rings is 2. The Hall–Kier alpha value is -3.30. The molecule has 30 heavy (non-hydrogen) atoms. The van der Waals surface area contributed by atoms with Gasteiger partial charge in [-0.2, -0.15) is 5.10 Å². The molecule has 9 heteroatoms. The summed E-state index contributed by atoms with van der Waals surface area (Å²) < 4.78 is 15.6. The molecule has 4 aromatic rings. The molecule has 3 heterocycles. The first-order valence-electron chi connectivity index (χ1n) is 9.64. The molecule has 1 aliphatic heterocycles. The van der Waals surface area contributed by atoms with Crippen molar-refractivity contribution in [3.8, 4) is 5.13 Å². The van der Waals surface area contributed by atoms with Crippen LogP contribution in [0.2, 0.25) is 0 Å². The fourth-order valence-corrected chi connectivity index (χ4v) is 4.34. The Kier molecular flexibility index (Phi) is 4.89. The van der Waals surface area contributed by atoms with Crippen LogP contribution in [0.4, 0.5) is 15.8 Å². The van der Waals surface area contributed by atoms with Crippen molar-refractivity contribution in [1.82, 2.24) is 20.1 Å². The first-order chi connectivity index (χ1) is 14.7. The molecule has 7 nitrogen and oxygen atoms in total. The van der Waals surface area contributed by atoms with Gasteiger partial charge in [0.15, 0.2) is 0 Å². The lowest BCUT2D eigenvalue weighted by Crippen LogP contribution is -2.43. The van der Waals surface area contributed by atoms with Crippen molar-refractivity contribution in [1.29, 1.82) is 0 Å². The van der Waals surface area contributed by atoms with Gasteiger partial charge in [-0.15, -0.1) is 11.3 Å². The first kappa shape index (κ1) is 18.7. The predicted octanol–water partition coefficient (Wildman–Crippen LogP) is 3.28. The van der Waals surface area contributed by atoms with E-state index < -0.39 is 5.82 Å². The Balaban J connectivity index is 1.41. The zero-order valence-corrected chi connectivity index (χ0v) is 16.8. The number of anilines is 2. The van der Waals surface area contributed by atoms with Gasteiger partial charge in [-0.05, 0) is 24.3 Å². The van der Waals surface area contributed by atoms with E-state index >= 15 is 0 Å². The van der Waals surface area contributed by atoms with Gasteiger partial charge < -0.3 is 15.5 Å². The Morgan fingerprint density at radius 1 is 1.17 bits per heavy atom. The number of nitrogens with one attached hydrogen (secondary N) is 2. The van der Waals surface area contributed by atoms with E-state index in [-0.39, 0.29) is 11.6 Å². The molecule has 0 radical (unpaired) electrons. The van der Waals surface area contributed by atoms with Crippen LogP contribution >= 0.6 is 11.3 Å². The van der Waals surface area contributed by atoms with E-state index in [1.165, 1.54) is 23.5 Å². The second-order valence-electron chi connectivity index (χ2n) is 6.98. The maximum atomic E-state index is 13.9. The normalized spacial score (nSPS) is 14.2. The molecule has 5 rings (SSSR count). The Bertz CT molecular complexity index is 1210. The highest BCUT2D eigenvalue weighted by Gasteiger charge is 2.19. The van der Waals surface area contributed by atoms with Crippen LogP contribution in [0.5, 0.6) is 0 Å². The average Bonchev–Trinajstić information content (AvgIpc) is 3.42. The van der Waals surface area contributed by atoms with Crippen LogP contribution in [0.1, 0.15) is 10.5 Å². The molecule has 1 saturated heterocycles. The quantitative estimate of drug-likeness (QED) is 0.528. The summed E-state index contributed by atoms with van der Waals surface area (Å²) in [6, 6.07) is 12.3. The smallest absolute Gasteiger partial charge is 0.275 e. The molecule has 0 aliphatic carbocycles. The molecular formula is C21H19FN6OS. The minimum absolute atomic E-state index is 0.269. The highest BCUT2D eigenvalue weighted by Crippen LogP contribution is 2.28. The van der Waals surface area contributed by atoms with Gasteiger partial charge in [0.2, 0.25) is 5.13 Å². The molecule has 2 aromatic carbocycles. The lowest BCUT2D eigenvalue weighted by Gasteiger charge is -2.31. The van der Waals surface area contributed by atoms with E-state index in [4.69, 9.17) is 0 Å². The molecule has 1 amide bonds. The molecule has 1 fully saturated rings. The number of hydrogen-bond acceptors (Lipinski definition) is 6. The van der Waals surface area contributed by atoms with Gasteiger partial charge in [0.1, 0.15) is 11.5 Å². The highest BCUT2D eigenvalue weighted by molar-refractivity contribution is 7.12. The Morgan fingerprint density at radius 3 is 2.87 bits per heavy atom. The summed E-state index contributed by atoms with van der Waals surface area (Å²) in [4.78, 5) is 19.4. The molecule has 0 bridgehead atoms. The van der Waals surface area contributed by atoms with E-state index in [0.717, 1.165) is 42.8 Å². The fraction of sp³-hybridized carbons (Fsp3) is 0.190. The SMILES string of the molecule is O=C(Nc1cc(F)ccc1N1CCNCC1)c1csc(-n2ncc3ccccc32)n1. The number of carbonyl (C=O) groups excluding carboxylic acids is 1. The van der Waals surface area contributed by atoms with Crippen LogP contribution in [-0.2, 0) is 0 Å². The van der Waals surface area contributed by atoms with Crippen LogP contribution in [0, 0.1) is 5.82 Å². The predicted molar refractivity (Wildman–Crippen MR) is 116 cm³/mol. The van der Waals surface area contributed by atoms with Gasteiger partial charge in [0.25, 0.3) is 5.91 Å². The number of nitrogens with zero attached hydrogens (tertiary/aromatic N) is 4. The lowest BCUT2D eigenvalue weighted by molar-refractivity contribution is 0.102. The molecule has 0 saturated carbocycles. The summed E-state index contributed by atoms with van der Waals surface area (Å²) in [5, 5.41) is 13.8. The number of amides is 1. The average molecular weight is 422 g/mol. The van der Waals surface area contributed by atoms with E-state index in [1.54, 1.807) is 22.3 Å². The second kappa shape index (κ2) is 7.85. The number of halogens is 1. The van der Waals surface area contributed by atoms with Gasteiger partial charge in [-0.25, -0.2) is 14.1 Å². The van der Waals surface area contributed by atoms with E-state index in [1.807, 2.05) is 24.3 Å². The van der Waals surface area contributed by atoms with Crippen molar-refractivity contribution in [2.24, 2.45) is 0 Å². The molecule has 152 valence electrons. The monoisotopic (exact) mass is 422 g/mol. The molecular weight excluding hydrogens is 403 g/mol. The molecule has 0 spiro atoms. The third-order valence-electron chi connectivity index (χ3n) is 5.05. The highest BCUT2D eigenvalue weighted by atomic mass is 32.1. The van der Waals surface area contributed by atoms with Crippen molar-refractivity contribution >= 4 is 39.5 Å². The van der Waals surface area contributed by atoms with Crippen LogP contribution in [0.3, 0.4) is 0 Å². The number of fused-ring (bicyclic) bond motifs is 1. The van der Waals surface area contributed by atoms with Crippen LogP contribution in [0.25, 0.3) is 16.0 Å². The largest absolute Gasteiger partial charge is 0.367 e. The Labute approximate surface area is 176 Å². The number of para-hydroxylation sites is 1. The lowest BCUT2D eigenvalue weighted by atomic mass is 10.2. The maximum Gasteiger partial charge on any atom is 0.275 e. The van der Waals surface area contributed by atoms with Crippen LogP contribution in [-0.4, -0.2) is 46.9 Å². The van der Waals surface area contributed by atoms with Crippen molar-refractivity contribution < 1.29 is 9.18 Å². The summed E-state index contributed by atoms with van der Waals surface area (Å²) in [6.45, 7) is 3.28. The summed E-state index contributed by atoms with van der Waals surface area (Å²) in [6.07, 6.45) is 1.77. The molecule has 0 unspecified atom stereocenters. The van der Waals surface area contributed by atoms with Gasteiger partial charge in [-0.3, -0.25) is 4.79 Å². The maximum absolute atomic E-state index is 13.9. The van der Waals surface area contributed by atoms with Gasteiger partial charge in [0.05, 0.1) is 23.1 Å². The van der Waals surface area contributed by atoms with Crippen LogP contribution in [0.15, 0.2) is 54.0 Å². The van der Waals surface area contributed by atoms with Crippen molar-refractivity contribution in [2.45, 2.75) is 0 Å². The summed E-state index contributed by atoms with van der Waals surface area (Å²) >= 11 is 1.33.